The lowest BCUT2D eigenvalue weighted by atomic mass is 10.3. The number of hydrogen-bond donors (Lipinski definition) is 2. The maximum absolute atomic E-state index is 10.8. The number of primary amides is 1. The number of hydrogen-bond acceptors (Lipinski definition) is 4. The van der Waals surface area contributed by atoms with Gasteiger partial charge in [-0.15, -0.1) is 0 Å². The Morgan fingerprint density at radius 3 is 2.88 bits per heavy atom. The van der Waals surface area contributed by atoms with E-state index in [0.717, 1.165) is 6.54 Å². The average molecular weight is 236 g/mol. The van der Waals surface area contributed by atoms with Gasteiger partial charge in [-0.25, -0.2) is 0 Å². The first-order valence-corrected chi connectivity index (χ1v) is 5.80. The van der Waals surface area contributed by atoms with Crippen molar-refractivity contribution < 1.29 is 9.21 Å². The van der Waals surface area contributed by atoms with E-state index < -0.39 is 5.91 Å². The highest BCUT2D eigenvalue weighted by Gasteiger charge is 2.06. The van der Waals surface area contributed by atoms with Gasteiger partial charge in [-0.3, -0.25) is 4.79 Å². The second-order valence-electron chi connectivity index (χ2n) is 3.37. The number of carbonyl (C=O) groups excluding carboxylic acids is 1. The molecule has 0 saturated carbocycles. The van der Waals surface area contributed by atoms with E-state index in [9.17, 15) is 4.79 Å². The number of thiophene rings is 1. The van der Waals surface area contributed by atoms with E-state index in [0.29, 0.717) is 12.3 Å². The molecular formula is C11H12N2O2S. The van der Waals surface area contributed by atoms with Crippen LogP contribution in [0.1, 0.15) is 21.9 Å². The molecule has 0 fully saturated rings. The first-order chi connectivity index (χ1) is 7.75. The predicted molar refractivity (Wildman–Crippen MR) is 62.1 cm³/mol. The lowest BCUT2D eigenvalue weighted by Crippen LogP contribution is -2.12. The SMILES string of the molecule is NC(=O)c1ccc(CNCc2ccsc2)o1. The fraction of sp³-hybridized carbons (Fsp3) is 0.182. The van der Waals surface area contributed by atoms with Crippen LogP contribution in [0.25, 0.3) is 0 Å². The van der Waals surface area contributed by atoms with Crippen molar-refractivity contribution in [3.8, 4) is 0 Å². The Balaban J connectivity index is 1.83. The molecule has 0 aliphatic rings. The smallest absolute Gasteiger partial charge is 0.284 e. The summed E-state index contributed by atoms with van der Waals surface area (Å²) in [5.41, 5.74) is 6.32. The van der Waals surface area contributed by atoms with Crippen LogP contribution in [-0.2, 0) is 13.1 Å². The van der Waals surface area contributed by atoms with Gasteiger partial charge in [-0.1, -0.05) is 0 Å². The molecule has 2 heterocycles. The second-order valence-corrected chi connectivity index (χ2v) is 4.15. The third-order valence-electron chi connectivity index (χ3n) is 2.11. The lowest BCUT2D eigenvalue weighted by Gasteiger charge is -1.99. The van der Waals surface area contributed by atoms with Crippen LogP contribution >= 0.6 is 11.3 Å². The van der Waals surface area contributed by atoms with Gasteiger partial charge in [0, 0.05) is 6.54 Å². The zero-order valence-corrected chi connectivity index (χ0v) is 9.42. The summed E-state index contributed by atoms with van der Waals surface area (Å²) in [5.74, 6) is 0.375. The summed E-state index contributed by atoms with van der Waals surface area (Å²) in [5, 5.41) is 7.34. The van der Waals surface area contributed by atoms with Crippen LogP contribution in [-0.4, -0.2) is 5.91 Å². The zero-order valence-electron chi connectivity index (χ0n) is 8.60. The van der Waals surface area contributed by atoms with E-state index in [1.165, 1.54) is 5.56 Å². The molecule has 5 heteroatoms. The van der Waals surface area contributed by atoms with Crippen molar-refractivity contribution >= 4 is 17.2 Å². The van der Waals surface area contributed by atoms with Crippen LogP contribution in [0, 0.1) is 0 Å². The summed E-state index contributed by atoms with van der Waals surface area (Å²) in [7, 11) is 0. The summed E-state index contributed by atoms with van der Waals surface area (Å²) < 4.78 is 5.23. The molecule has 16 heavy (non-hydrogen) atoms. The molecule has 0 aliphatic heterocycles. The highest BCUT2D eigenvalue weighted by molar-refractivity contribution is 7.07. The summed E-state index contributed by atoms with van der Waals surface area (Å²) in [6, 6.07) is 5.40. The Kier molecular flexibility index (Phi) is 3.38. The van der Waals surface area contributed by atoms with Gasteiger partial charge in [-0.2, -0.15) is 11.3 Å². The van der Waals surface area contributed by atoms with Gasteiger partial charge in [0.1, 0.15) is 5.76 Å². The standard InChI is InChI=1S/C11H12N2O2S/c12-11(14)10-2-1-9(15-10)6-13-5-8-3-4-16-7-8/h1-4,7,13H,5-6H2,(H2,12,14). The Morgan fingerprint density at radius 1 is 1.38 bits per heavy atom. The van der Waals surface area contributed by atoms with Gasteiger partial charge in [0.2, 0.25) is 0 Å². The largest absolute Gasteiger partial charge is 0.455 e. The van der Waals surface area contributed by atoms with E-state index in [1.54, 1.807) is 23.5 Å². The topological polar surface area (TPSA) is 68.3 Å². The molecule has 0 spiro atoms. The zero-order chi connectivity index (χ0) is 11.4. The van der Waals surface area contributed by atoms with Crippen molar-refractivity contribution in [2.75, 3.05) is 0 Å². The molecule has 0 bridgehead atoms. The van der Waals surface area contributed by atoms with Gasteiger partial charge in [-0.05, 0) is 34.5 Å². The molecule has 0 radical (unpaired) electrons. The van der Waals surface area contributed by atoms with Crippen molar-refractivity contribution in [1.82, 2.24) is 5.32 Å². The minimum Gasteiger partial charge on any atom is -0.455 e. The normalized spacial score (nSPS) is 10.5. The Bertz CT molecular complexity index is 462. The minimum absolute atomic E-state index is 0.201. The summed E-state index contributed by atoms with van der Waals surface area (Å²) in [6.45, 7) is 1.37. The van der Waals surface area contributed by atoms with Crippen LogP contribution in [0.5, 0.6) is 0 Å². The molecule has 84 valence electrons. The van der Waals surface area contributed by atoms with Crippen LogP contribution in [0.3, 0.4) is 0 Å². The van der Waals surface area contributed by atoms with Gasteiger partial charge in [0.25, 0.3) is 5.91 Å². The molecule has 2 rings (SSSR count). The third kappa shape index (κ3) is 2.71. The molecule has 2 aromatic rings. The van der Waals surface area contributed by atoms with Gasteiger partial charge in [0.15, 0.2) is 5.76 Å². The molecule has 1 amide bonds. The van der Waals surface area contributed by atoms with Crippen molar-refractivity contribution in [1.29, 1.82) is 0 Å². The quantitative estimate of drug-likeness (QED) is 0.830. The summed E-state index contributed by atoms with van der Waals surface area (Å²) in [4.78, 5) is 10.8. The van der Waals surface area contributed by atoms with Crippen LogP contribution in [0.15, 0.2) is 33.4 Å². The van der Waals surface area contributed by atoms with Gasteiger partial charge >= 0.3 is 0 Å². The molecule has 0 aromatic carbocycles. The first kappa shape index (κ1) is 10.9. The fourth-order valence-corrected chi connectivity index (χ4v) is 2.00. The molecule has 0 atom stereocenters. The molecule has 4 nitrogen and oxygen atoms in total. The van der Waals surface area contributed by atoms with E-state index in [-0.39, 0.29) is 5.76 Å². The van der Waals surface area contributed by atoms with Crippen molar-refractivity contribution in [2.24, 2.45) is 5.73 Å². The number of carbonyl (C=O) groups is 1. The van der Waals surface area contributed by atoms with Crippen LogP contribution < -0.4 is 11.1 Å². The number of nitrogens with one attached hydrogen (secondary N) is 1. The molecule has 0 unspecified atom stereocenters. The Labute approximate surface area is 97.1 Å². The highest BCUT2D eigenvalue weighted by Crippen LogP contribution is 2.08. The van der Waals surface area contributed by atoms with E-state index >= 15 is 0 Å². The maximum atomic E-state index is 10.8. The van der Waals surface area contributed by atoms with Crippen LogP contribution in [0.4, 0.5) is 0 Å². The summed E-state index contributed by atoms with van der Waals surface area (Å²) in [6.07, 6.45) is 0. The van der Waals surface area contributed by atoms with Crippen molar-refractivity contribution in [3.63, 3.8) is 0 Å². The molecular weight excluding hydrogens is 224 g/mol. The van der Waals surface area contributed by atoms with Gasteiger partial charge in [0.05, 0.1) is 6.54 Å². The fourth-order valence-electron chi connectivity index (χ4n) is 1.33. The maximum Gasteiger partial charge on any atom is 0.284 e. The van der Waals surface area contributed by atoms with Crippen molar-refractivity contribution in [3.05, 3.63) is 46.0 Å². The van der Waals surface area contributed by atoms with E-state index in [2.05, 4.69) is 16.8 Å². The number of rotatable bonds is 5. The molecule has 0 saturated heterocycles. The lowest BCUT2D eigenvalue weighted by molar-refractivity contribution is 0.0972. The summed E-state index contributed by atoms with van der Waals surface area (Å²) >= 11 is 1.67. The Hall–Kier alpha value is -1.59. The number of amides is 1. The van der Waals surface area contributed by atoms with E-state index in [4.69, 9.17) is 10.2 Å². The Morgan fingerprint density at radius 2 is 2.25 bits per heavy atom. The van der Waals surface area contributed by atoms with E-state index in [1.807, 2.05) is 5.38 Å². The second kappa shape index (κ2) is 4.96. The number of nitrogens with two attached hydrogens (primary N) is 1. The minimum atomic E-state index is -0.538. The number of furan rings is 1. The molecule has 0 aliphatic carbocycles. The molecule has 3 N–H and O–H groups in total. The molecule has 2 aromatic heterocycles. The van der Waals surface area contributed by atoms with Gasteiger partial charge < -0.3 is 15.5 Å². The average Bonchev–Trinajstić information content (AvgIpc) is 2.87. The van der Waals surface area contributed by atoms with Crippen LogP contribution in [0.2, 0.25) is 0 Å². The predicted octanol–water partition coefficient (Wildman–Crippen LogP) is 1.73. The van der Waals surface area contributed by atoms with Crippen molar-refractivity contribution in [2.45, 2.75) is 13.1 Å². The monoisotopic (exact) mass is 236 g/mol. The third-order valence-corrected chi connectivity index (χ3v) is 2.85. The first-order valence-electron chi connectivity index (χ1n) is 4.86. The highest BCUT2D eigenvalue weighted by atomic mass is 32.1.